The van der Waals surface area contributed by atoms with Crippen molar-refractivity contribution in [3.63, 3.8) is 0 Å². The lowest BCUT2D eigenvalue weighted by Crippen LogP contribution is -2.60. The molecule has 8 nitrogen and oxygen atoms in total. The molecule has 4 aliphatic rings. The number of nitrogens with zero attached hydrogens (tertiary/aromatic N) is 3. The number of benzene rings is 2. The maximum Gasteiger partial charge on any atom is 0.255 e. The minimum atomic E-state index is -0.574. The van der Waals surface area contributed by atoms with Gasteiger partial charge in [-0.15, -0.1) is 0 Å². The van der Waals surface area contributed by atoms with E-state index in [0.29, 0.717) is 23.9 Å². The fraction of sp³-hybridized carbons (Fsp3) is 0.414. The Balaban J connectivity index is 1.00. The Labute approximate surface area is 215 Å². The van der Waals surface area contributed by atoms with Gasteiger partial charge in [0.1, 0.15) is 6.04 Å². The maximum atomic E-state index is 13.2. The number of hydrogen-bond acceptors (Lipinski definition) is 5. The van der Waals surface area contributed by atoms with Gasteiger partial charge in [-0.2, -0.15) is 0 Å². The van der Waals surface area contributed by atoms with E-state index in [9.17, 15) is 14.4 Å². The Hall–Kier alpha value is -3.65. The molecule has 0 radical (unpaired) electrons. The Morgan fingerprint density at radius 3 is 2.59 bits per heavy atom. The van der Waals surface area contributed by atoms with Crippen molar-refractivity contribution in [3.05, 3.63) is 65.4 Å². The summed E-state index contributed by atoms with van der Waals surface area (Å²) >= 11 is 0. The number of anilines is 1. The molecule has 1 atom stereocenters. The van der Waals surface area contributed by atoms with Gasteiger partial charge in [-0.1, -0.05) is 24.3 Å². The zero-order chi connectivity index (χ0) is 25.1. The number of hydrogen-bond donors (Lipinski definition) is 2. The first kappa shape index (κ1) is 22.5. The van der Waals surface area contributed by atoms with Crippen LogP contribution < -0.4 is 10.2 Å². The van der Waals surface area contributed by atoms with Crippen LogP contribution in [-0.4, -0.2) is 64.7 Å². The van der Waals surface area contributed by atoms with Crippen LogP contribution in [0.1, 0.15) is 47.2 Å². The summed E-state index contributed by atoms with van der Waals surface area (Å²) < 4.78 is 0. The molecule has 0 bridgehead atoms. The van der Waals surface area contributed by atoms with Gasteiger partial charge in [0, 0.05) is 71.9 Å². The number of imide groups is 1. The summed E-state index contributed by atoms with van der Waals surface area (Å²) in [5.41, 5.74) is 5.73. The van der Waals surface area contributed by atoms with E-state index in [1.54, 1.807) is 4.90 Å². The SMILES string of the molecule is O=C1CCC(N2Cc3c(cccc3N3CC4(CCN(Cc5c[nH]c6ccccc56)CC4)C3)C2=O)C(=O)N1. The Bertz CT molecular complexity index is 1410. The molecule has 0 aliphatic carbocycles. The number of para-hydroxylation sites is 1. The van der Waals surface area contributed by atoms with Gasteiger partial charge in [-0.05, 0) is 56.1 Å². The number of H-pyrrole nitrogens is 1. The molecule has 3 saturated heterocycles. The number of fused-ring (bicyclic) bond motifs is 2. The Morgan fingerprint density at radius 1 is 0.973 bits per heavy atom. The minimum absolute atomic E-state index is 0.104. The van der Waals surface area contributed by atoms with Crippen molar-refractivity contribution < 1.29 is 14.4 Å². The molecule has 8 heteroatoms. The summed E-state index contributed by atoms with van der Waals surface area (Å²) in [6.07, 6.45) is 5.18. The van der Waals surface area contributed by atoms with Crippen LogP contribution in [0.2, 0.25) is 0 Å². The van der Waals surface area contributed by atoms with Crippen molar-refractivity contribution in [2.75, 3.05) is 31.1 Å². The van der Waals surface area contributed by atoms with Crippen molar-refractivity contribution in [2.24, 2.45) is 5.41 Å². The quantitative estimate of drug-likeness (QED) is 0.541. The number of likely N-dealkylation sites (tertiary alicyclic amines) is 1. The Morgan fingerprint density at radius 2 is 1.78 bits per heavy atom. The number of amides is 3. The molecule has 190 valence electrons. The predicted molar refractivity (Wildman–Crippen MR) is 140 cm³/mol. The standard InChI is InChI=1S/C29H31N5O3/c35-26-9-8-25(27(36)31-26)34-16-22-21(28(34)37)5-3-7-24(22)33-17-29(18-33)10-12-32(13-11-29)15-19-14-30-23-6-2-1-4-20(19)23/h1-7,14,25,30H,8-13,15-18H2,(H,31,35,36). The van der Waals surface area contributed by atoms with Gasteiger partial charge in [0.2, 0.25) is 11.8 Å². The second-order valence-electron chi connectivity index (χ2n) is 11.2. The van der Waals surface area contributed by atoms with Gasteiger partial charge in [0.05, 0.1) is 0 Å². The molecule has 2 N–H and O–H groups in total. The molecule has 2 aromatic carbocycles. The van der Waals surface area contributed by atoms with Gasteiger partial charge >= 0.3 is 0 Å². The van der Waals surface area contributed by atoms with Crippen LogP contribution in [0.3, 0.4) is 0 Å². The topological polar surface area (TPSA) is 88.8 Å². The van der Waals surface area contributed by atoms with Crippen LogP contribution in [0.25, 0.3) is 10.9 Å². The maximum absolute atomic E-state index is 13.2. The summed E-state index contributed by atoms with van der Waals surface area (Å²) in [5, 5.41) is 3.71. The fourth-order valence-corrected chi connectivity index (χ4v) is 6.80. The highest BCUT2D eigenvalue weighted by Gasteiger charge is 2.47. The van der Waals surface area contributed by atoms with E-state index in [2.05, 4.69) is 56.6 Å². The highest BCUT2D eigenvalue weighted by atomic mass is 16.2. The lowest BCUT2D eigenvalue weighted by atomic mass is 9.71. The van der Waals surface area contributed by atoms with Crippen molar-refractivity contribution in [1.29, 1.82) is 0 Å². The van der Waals surface area contributed by atoms with Crippen molar-refractivity contribution in [2.45, 2.75) is 44.8 Å². The average Bonchev–Trinajstić information content (AvgIpc) is 3.44. The number of rotatable bonds is 4. The first-order chi connectivity index (χ1) is 18.0. The summed E-state index contributed by atoms with van der Waals surface area (Å²) in [5.74, 6) is -0.724. The molecule has 1 unspecified atom stereocenters. The molecule has 4 aliphatic heterocycles. The molecular weight excluding hydrogens is 466 g/mol. The highest BCUT2D eigenvalue weighted by Crippen LogP contribution is 2.45. The molecule has 37 heavy (non-hydrogen) atoms. The first-order valence-corrected chi connectivity index (χ1v) is 13.3. The number of nitrogens with one attached hydrogen (secondary N) is 2. The molecule has 1 spiro atoms. The molecule has 7 rings (SSSR count). The third-order valence-electron chi connectivity index (χ3n) is 8.94. The fourth-order valence-electron chi connectivity index (χ4n) is 6.80. The van der Waals surface area contributed by atoms with Crippen molar-refractivity contribution in [3.8, 4) is 0 Å². The smallest absolute Gasteiger partial charge is 0.255 e. The van der Waals surface area contributed by atoms with Gasteiger partial charge in [-0.25, -0.2) is 0 Å². The molecule has 3 amide bonds. The highest BCUT2D eigenvalue weighted by molar-refractivity contribution is 6.06. The normalized spacial score (nSPS) is 23.5. The number of carbonyl (C=O) groups is 3. The lowest BCUT2D eigenvalue weighted by Gasteiger charge is -2.55. The van der Waals surface area contributed by atoms with E-state index in [-0.39, 0.29) is 24.1 Å². The van der Waals surface area contributed by atoms with E-state index >= 15 is 0 Å². The molecule has 1 aromatic heterocycles. The number of carbonyl (C=O) groups excluding carboxylic acids is 3. The number of piperidine rings is 2. The van der Waals surface area contributed by atoms with Gasteiger partial charge < -0.3 is 14.8 Å². The van der Waals surface area contributed by atoms with E-state index < -0.39 is 6.04 Å². The van der Waals surface area contributed by atoms with Crippen LogP contribution in [0.5, 0.6) is 0 Å². The monoisotopic (exact) mass is 497 g/mol. The molecular formula is C29H31N5O3. The van der Waals surface area contributed by atoms with Gasteiger partial charge in [0.25, 0.3) is 5.91 Å². The van der Waals surface area contributed by atoms with Crippen molar-refractivity contribution >= 4 is 34.3 Å². The van der Waals surface area contributed by atoms with Crippen molar-refractivity contribution in [1.82, 2.24) is 20.1 Å². The summed E-state index contributed by atoms with van der Waals surface area (Å²) in [6.45, 7) is 5.63. The average molecular weight is 498 g/mol. The third kappa shape index (κ3) is 3.73. The van der Waals surface area contributed by atoms with Crippen LogP contribution >= 0.6 is 0 Å². The summed E-state index contributed by atoms with van der Waals surface area (Å²) in [6, 6.07) is 13.9. The van der Waals surface area contributed by atoms with Crippen LogP contribution in [0.4, 0.5) is 5.69 Å². The van der Waals surface area contributed by atoms with E-state index in [4.69, 9.17) is 0 Å². The number of aromatic amines is 1. The first-order valence-electron chi connectivity index (χ1n) is 13.3. The molecule has 3 aromatic rings. The van der Waals surface area contributed by atoms with E-state index in [1.165, 1.54) is 29.3 Å². The van der Waals surface area contributed by atoms with Crippen LogP contribution in [0.15, 0.2) is 48.7 Å². The molecule has 0 saturated carbocycles. The zero-order valence-corrected chi connectivity index (χ0v) is 20.8. The summed E-state index contributed by atoms with van der Waals surface area (Å²) in [7, 11) is 0. The van der Waals surface area contributed by atoms with E-state index in [1.807, 2.05) is 12.1 Å². The van der Waals surface area contributed by atoms with Gasteiger partial charge in [0.15, 0.2) is 0 Å². The third-order valence-corrected chi connectivity index (χ3v) is 8.94. The van der Waals surface area contributed by atoms with E-state index in [0.717, 1.165) is 44.0 Å². The number of aromatic nitrogens is 1. The molecule has 5 heterocycles. The van der Waals surface area contributed by atoms with Crippen LogP contribution in [0, 0.1) is 5.41 Å². The largest absolute Gasteiger partial charge is 0.370 e. The summed E-state index contributed by atoms with van der Waals surface area (Å²) in [4.78, 5) is 47.2. The lowest BCUT2D eigenvalue weighted by molar-refractivity contribution is -0.136. The van der Waals surface area contributed by atoms with Gasteiger partial charge in [-0.3, -0.25) is 24.6 Å². The zero-order valence-electron chi connectivity index (χ0n) is 20.8. The molecule has 3 fully saturated rings. The van der Waals surface area contributed by atoms with Crippen LogP contribution in [-0.2, 0) is 22.7 Å². The predicted octanol–water partition coefficient (Wildman–Crippen LogP) is 3.03. The Kier molecular flexibility index (Phi) is 5.15. The second kappa shape index (κ2) is 8.45. The second-order valence-corrected chi connectivity index (χ2v) is 11.2. The minimum Gasteiger partial charge on any atom is -0.370 e.